The van der Waals surface area contributed by atoms with E-state index in [-0.39, 0.29) is 0 Å². The molecule has 0 bridgehead atoms. The number of fused-ring (bicyclic) bond motifs is 1. The Bertz CT molecular complexity index is 626. The Balaban J connectivity index is 2.08. The van der Waals surface area contributed by atoms with Crippen molar-refractivity contribution >= 4 is 43.4 Å². The molecule has 0 aliphatic carbocycles. The summed E-state index contributed by atoms with van der Waals surface area (Å²) >= 11 is 7.07. The van der Waals surface area contributed by atoms with Gasteiger partial charge in [-0.3, -0.25) is 0 Å². The first-order valence-corrected chi connectivity index (χ1v) is 7.92. The Morgan fingerprint density at radius 2 is 2.05 bits per heavy atom. The van der Waals surface area contributed by atoms with Crippen LogP contribution in [0.2, 0.25) is 0 Å². The van der Waals surface area contributed by atoms with Gasteiger partial charge in [0.2, 0.25) is 0 Å². The molecule has 1 aromatic carbocycles. The third kappa shape index (κ3) is 2.56. The molecule has 0 fully saturated rings. The van der Waals surface area contributed by atoms with Crippen LogP contribution in [0, 0.1) is 6.92 Å². The van der Waals surface area contributed by atoms with Gasteiger partial charge in [-0.05, 0) is 69.3 Å². The van der Waals surface area contributed by atoms with E-state index in [0.717, 1.165) is 27.7 Å². The molecule has 0 saturated carbocycles. The molecule has 0 radical (unpaired) electrons. The molecule has 0 spiro atoms. The highest BCUT2D eigenvalue weighted by molar-refractivity contribution is 9.11. The standard InChI is InChI=1S/C15H14Br2N2/c1-10-4-5-14-11(7-10)3-2-6-19(14)15-13(17)8-12(16)9-18-15/h4-5,7-9H,2-3,6H2,1H3. The summed E-state index contributed by atoms with van der Waals surface area (Å²) in [7, 11) is 0. The molecule has 2 heterocycles. The van der Waals surface area contributed by atoms with Crippen LogP contribution in [0.5, 0.6) is 0 Å². The van der Waals surface area contributed by atoms with E-state index in [4.69, 9.17) is 0 Å². The second kappa shape index (κ2) is 5.25. The summed E-state index contributed by atoms with van der Waals surface area (Å²) in [6.07, 6.45) is 4.17. The number of hydrogen-bond acceptors (Lipinski definition) is 2. The van der Waals surface area contributed by atoms with Gasteiger partial charge in [0.1, 0.15) is 5.82 Å². The summed E-state index contributed by atoms with van der Waals surface area (Å²) in [6.45, 7) is 3.16. The monoisotopic (exact) mass is 380 g/mol. The van der Waals surface area contributed by atoms with E-state index >= 15 is 0 Å². The van der Waals surface area contributed by atoms with E-state index in [1.54, 1.807) is 0 Å². The Labute approximate surface area is 130 Å². The normalized spacial score (nSPS) is 14.4. The Morgan fingerprint density at radius 3 is 2.84 bits per heavy atom. The molecule has 3 rings (SSSR count). The Hall–Kier alpha value is -0.870. The Kier molecular flexibility index (Phi) is 3.63. The molecule has 2 nitrogen and oxygen atoms in total. The highest BCUT2D eigenvalue weighted by Gasteiger charge is 2.20. The second-order valence-corrected chi connectivity index (χ2v) is 6.62. The van der Waals surface area contributed by atoms with Crippen LogP contribution in [0.1, 0.15) is 17.5 Å². The molecule has 4 heteroatoms. The maximum Gasteiger partial charge on any atom is 0.147 e. The zero-order valence-corrected chi connectivity index (χ0v) is 13.8. The zero-order chi connectivity index (χ0) is 13.4. The van der Waals surface area contributed by atoms with Gasteiger partial charge in [0, 0.05) is 22.9 Å². The average Bonchev–Trinajstić information content (AvgIpc) is 2.38. The molecule has 19 heavy (non-hydrogen) atoms. The molecule has 0 unspecified atom stereocenters. The average molecular weight is 382 g/mol. The minimum absolute atomic E-state index is 0.990. The topological polar surface area (TPSA) is 16.1 Å². The van der Waals surface area contributed by atoms with Crippen molar-refractivity contribution in [3.63, 3.8) is 0 Å². The molecule has 1 aliphatic rings. The smallest absolute Gasteiger partial charge is 0.147 e. The van der Waals surface area contributed by atoms with E-state index in [2.05, 4.69) is 66.9 Å². The highest BCUT2D eigenvalue weighted by atomic mass is 79.9. The van der Waals surface area contributed by atoms with Crippen molar-refractivity contribution in [1.29, 1.82) is 0 Å². The lowest BCUT2D eigenvalue weighted by Gasteiger charge is -2.31. The molecule has 0 amide bonds. The van der Waals surface area contributed by atoms with Crippen LogP contribution in [-0.2, 0) is 6.42 Å². The van der Waals surface area contributed by atoms with Crippen LogP contribution >= 0.6 is 31.9 Å². The summed E-state index contributed by atoms with van der Waals surface area (Å²) in [5.74, 6) is 0.994. The second-order valence-electron chi connectivity index (χ2n) is 4.85. The molecule has 2 aromatic rings. The van der Waals surface area contributed by atoms with Crippen LogP contribution in [0.3, 0.4) is 0 Å². The van der Waals surface area contributed by atoms with Gasteiger partial charge in [0.25, 0.3) is 0 Å². The van der Waals surface area contributed by atoms with E-state index in [1.165, 1.54) is 23.2 Å². The molecular weight excluding hydrogens is 368 g/mol. The van der Waals surface area contributed by atoms with E-state index in [0.29, 0.717) is 0 Å². The summed E-state index contributed by atoms with van der Waals surface area (Å²) < 4.78 is 2.01. The third-order valence-electron chi connectivity index (χ3n) is 3.40. The Morgan fingerprint density at radius 1 is 1.21 bits per heavy atom. The number of hydrogen-bond donors (Lipinski definition) is 0. The van der Waals surface area contributed by atoms with E-state index in [1.807, 2.05) is 12.3 Å². The zero-order valence-electron chi connectivity index (χ0n) is 10.7. The molecule has 0 saturated heterocycles. The van der Waals surface area contributed by atoms with Crippen molar-refractivity contribution in [1.82, 2.24) is 4.98 Å². The highest BCUT2D eigenvalue weighted by Crippen LogP contribution is 2.37. The summed E-state index contributed by atoms with van der Waals surface area (Å²) in [4.78, 5) is 6.86. The molecule has 0 atom stereocenters. The number of halogens is 2. The maximum atomic E-state index is 4.55. The van der Waals surface area contributed by atoms with Gasteiger partial charge in [-0.1, -0.05) is 17.7 Å². The SMILES string of the molecule is Cc1ccc2c(c1)CCCN2c1ncc(Br)cc1Br. The fourth-order valence-electron chi connectivity index (χ4n) is 2.55. The van der Waals surface area contributed by atoms with Gasteiger partial charge in [-0.2, -0.15) is 0 Å². The number of benzene rings is 1. The molecule has 98 valence electrons. The van der Waals surface area contributed by atoms with Crippen molar-refractivity contribution in [3.8, 4) is 0 Å². The van der Waals surface area contributed by atoms with Crippen molar-refractivity contribution < 1.29 is 0 Å². The van der Waals surface area contributed by atoms with Crippen LogP contribution in [0.15, 0.2) is 39.4 Å². The van der Waals surface area contributed by atoms with Crippen molar-refractivity contribution in [3.05, 3.63) is 50.5 Å². The first-order valence-electron chi connectivity index (χ1n) is 6.33. The van der Waals surface area contributed by atoms with Crippen LogP contribution in [-0.4, -0.2) is 11.5 Å². The molecule has 1 aromatic heterocycles. The minimum atomic E-state index is 0.990. The lowest BCUT2D eigenvalue weighted by atomic mass is 9.99. The maximum absolute atomic E-state index is 4.55. The number of aryl methyl sites for hydroxylation is 2. The van der Waals surface area contributed by atoms with Gasteiger partial charge in [0.15, 0.2) is 0 Å². The van der Waals surface area contributed by atoms with Gasteiger partial charge in [-0.15, -0.1) is 0 Å². The predicted molar refractivity (Wildman–Crippen MR) is 86.1 cm³/mol. The lowest BCUT2D eigenvalue weighted by molar-refractivity contribution is 0.757. The molecule has 0 N–H and O–H groups in total. The van der Waals surface area contributed by atoms with Crippen LogP contribution in [0.25, 0.3) is 0 Å². The van der Waals surface area contributed by atoms with Gasteiger partial charge >= 0.3 is 0 Å². The number of anilines is 2. The van der Waals surface area contributed by atoms with E-state index < -0.39 is 0 Å². The summed E-state index contributed by atoms with van der Waals surface area (Å²) in [5, 5.41) is 0. The summed E-state index contributed by atoms with van der Waals surface area (Å²) in [5.41, 5.74) is 4.03. The number of rotatable bonds is 1. The van der Waals surface area contributed by atoms with Crippen molar-refractivity contribution in [2.75, 3.05) is 11.4 Å². The largest absolute Gasteiger partial charge is 0.325 e. The lowest BCUT2D eigenvalue weighted by Crippen LogP contribution is -2.25. The van der Waals surface area contributed by atoms with Gasteiger partial charge in [0.05, 0.1) is 4.47 Å². The summed E-state index contributed by atoms with van der Waals surface area (Å²) in [6, 6.07) is 8.71. The quantitative estimate of drug-likeness (QED) is 0.690. The van der Waals surface area contributed by atoms with Crippen LogP contribution in [0.4, 0.5) is 11.5 Å². The van der Waals surface area contributed by atoms with Crippen LogP contribution < -0.4 is 4.90 Å². The van der Waals surface area contributed by atoms with Crippen molar-refractivity contribution in [2.24, 2.45) is 0 Å². The van der Waals surface area contributed by atoms with Gasteiger partial charge in [-0.25, -0.2) is 4.98 Å². The van der Waals surface area contributed by atoms with E-state index in [9.17, 15) is 0 Å². The molecule has 1 aliphatic heterocycles. The number of pyridine rings is 1. The minimum Gasteiger partial charge on any atom is -0.325 e. The first-order chi connectivity index (χ1) is 9.15. The third-order valence-corrected chi connectivity index (χ3v) is 4.41. The number of aromatic nitrogens is 1. The van der Waals surface area contributed by atoms with Crippen molar-refractivity contribution in [2.45, 2.75) is 19.8 Å². The fourth-order valence-corrected chi connectivity index (χ4v) is 3.75. The molecular formula is C15H14Br2N2. The fraction of sp³-hybridized carbons (Fsp3) is 0.267. The number of nitrogens with zero attached hydrogens (tertiary/aromatic N) is 2. The van der Waals surface area contributed by atoms with Gasteiger partial charge < -0.3 is 4.90 Å². The predicted octanol–water partition coefficient (Wildman–Crippen LogP) is 5.00. The first kappa shape index (κ1) is 13.1.